The van der Waals surface area contributed by atoms with Gasteiger partial charge in [0.1, 0.15) is 18.1 Å². The average molecular weight is 381 g/mol. The maximum absolute atomic E-state index is 13.2. The van der Waals surface area contributed by atoms with Gasteiger partial charge in [-0.1, -0.05) is 11.3 Å². The van der Waals surface area contributed by atoms with E-state index in [4.69, 9.17) is 4.74 Å². The lowest BCUT2D eigenvalue weighted by Gasteiger charge is -2.27. The van der Waals surface area contributed by atoms with Gasteiger partial charge >= 0.3 is 0 Å². The molecular weight excluding hydrogens is 361 g/mol. The Kier molecular flexibility index (Phi) is 4.77. The normalized spacial score (nSPS) is 13.3. The van der Waals surface area contributed by atoms with E-state index < -0.39 is 0 Å². The Morgan fingerprint density at radius 3 is 2.75 bits per heavy atom. The fraction of sp³-hybridized carbons (Fsp3) is 0.300. The van der Waals surface area contributed by atoms with Gasteiger partial charge in [0, 0.05) is 19.5 Å². The van der Waals surface area contributed by atoms with Crippen molar-refractivity contribution in [2.24, 2.45) is 0 Å². The number of hydrogen-bond donors (Lipinski definition) is 0. The minimum absolute atomic E-state index is 0.0451. The predicted molar refractivity (Wildman–Crippen MR) is 99.4 cm³/mol. The number of halogens is 1. The van der Waals surface area contributed by atoms with Gasteiger partial charge in [0.15, 0.2) is 0 Å². The maximum Gasteiger partial charge on any atom is 0.219 e. The molecule has 144 valence electrons. The summed E-state index contributed by atoms with van der Waals surface area (Å²) in [4.78, 5) is 18.0. The van der Waals surface area contributed by atoms with E-state index in [-0.39, 0.29) is 18.3 Å². The molecule has 0 saturated heterocycles. The molecule has 0 radical (unpaired) electrons. The van der Waals surface area contributed by atoms with E-state index in [1.165, 1.54) is 12.1 Å². The molecule has 0 fully saturated rings. The van der Waals surface area contributed by atoms with Gasteiger partial charge in [0.25, 0.3) is 0 Å². The van der Waals surface area contributed by atoms with Crippen LogP contribution in [-0.4, -0.2) is 37.3 Å². The molecule has 4 rings (SSSR count). The van der Waals surface area contributed by atoms with Crippen molar-refractivity contribution in [2.75, 3.05) is 6.54 Å². The van der Waals surface area contributed by atoms with Gasteiger partial charge in [-0.2, -0.15) is 0 Å². The van der Waals surface area contributed by atoms with Gasteiger partial charge in [-0.15, -0.1) is 5.10 Å². The number of aryl methyl sites for hydroxylation is 1. The molecule has 8 heteroatoms. The number of amides is 1. The number of fused-ring (bicyclic) bond motifs is 1. The van der Waals surface area contributed by atoms with Crippen molar-refractivity contribution in [3.8, 4) is 11.6 Å². The highest BCUT2D eigenvalue weighted by Crippen LogP contribution is 2.22. The standard InChI is InChI=1S/C20H20FN5O2/c1-13-19(26(24-23-13)17-6-4-16(21)5-7-17)12-28-20-8-3-15-9-10-25(14(2)27)11-18(15)22-20/h3-8H,9-12H2,1-2H3. The predicted octanol–water partition coefficient (Wildman–Crippen LogP) is 2.59. The summed E-state index contributed by atoms with van der Waals surface area (Å²) in [6, 6.07) is 9.87. The Morgan fingerprint density at radius 2 is 2.00 bits per heavy atom. The van der Waals surface area contributed by atoms with Gasteiger partial charge < -0.3 is 9.64 Å². The number of rotatable bonds is 4. The van der Waals surface area contributed by atoms with Crippen LogP contribution in [0.15, 0.2) is 36.4 Å². The minimum atomic E-state index is -0.309. The summed E-state index contributed by atoms with van der Waals surface area (Å²) in [5.74, 6) is 0.218. The number of carbonyl (C=O) groups is 1. The number of hydrogen-bond acceptors (Lipinski definition) is 5. The zero-order valence-corrected chi connectivity index (χ0v) is 15.7. The van der Waals surface area contributed by atoms with E-state index in [1.54, 1.807) is 28.6 Å². The first-order valence-corrected chi connectivity index (χ1v) is 9.05. The van der Waals surface area contributed by atoms with Crippen LogP contribution in [0.5, 0.6) is 5.88 Å². The van der Waals surface area contributed by atoms with Gasteiger partial charge in [0.2, 0.25) is 11.8 Å². The fourth-order valence-electron chi connectivity index (χ4n) is 3.21. The van der Waals surface area contributed by atoms with Crippen molar-refractivity contribution in [2.45, 2.75) is 33.4 Å². The number of pyridine rings is 1. The molecular formula is C20H20FN5O2. The summed E-state index contributed by atoms with van der Waals surface area (Å²) in [5, 5.41) is 8.23. The molecule has 1 aromatic carbocycles. The number of ether oxygens (including phenoxy) is 1. The molecule has 2 aromatic heterocycles. The van der Waals surface area contributed by atoms with E-state index in [0.29, 0.717) is 24.7 Å². The Labute approximate surface area is 161 Å². The Balaban J connectivity index is 1.53. The van der Waals surface area contributed by atoms with Crippen molar-refractivity contribution in [1.29, 1.82) is 0 Å². The largest absolute Gasteiger partial charge is 0.471 e. The quantitative estimate of drug-likeness (QED) is 0.695. The van der Waals surface area contributed by atoms with Crippen LogP contribution in [0.25, 0.3) is 5.69 Å². The first kappa shape index (κ1) is 18.1. The second kappa shape index (κ2) is 7.38. The molecule has 3 heterocycles. The Hall–Kier alpha value is -3.29. The lowest BCUT2D eigenvalue weighted by atomic mass is 10.1. The summed E-state index contributed by atoms with van der Waals surface area (Å²) in [5.41, 5.74) is 4.19. The van der Waals surface area contributed by atoms with E-state index in [2.05, 4.69) is 15.3 Å². The summed E-state index contributed by atoms with van der Waals surface area (Å²) in [7, 11) is 0. The van der Waals surface area contributed by atoms with E-state index in [0.717, 1.165) is 29.1 Å². The zero-order chi connectivity index (χ0) is 19.7. The molecule has 0 unspecified atom stereocenters. The van der Waals surface area contributed by atoms with Crippen LogP contribution in [0.4, 0.5) is 4.39 Å². The van der Waals surface area contributed by atoms with Gasteiger partial charge in [-0.3, -0.25) is 4.79 Å². The van der Waals surface area contributed by atoms with Crippen molar-refractivity contribution in [3.63, 3.8) is 0 Å². The third kappa shape index (κ3) is 3.58. The summed E-state index contributed by atoms with van der Waals surface area (Å²) in [6.45, 7) is 4.84. The molecule has 28 heavy (non-hydrogen) atoms. The second-order valence-electron chi connectivity index (χ2n) is 6.74. The highest BCUT2D eigenvalue weighted by molar-refractivity contribution is 5.73. The van der Waals surface area contributed by atoms with Gasteiger partial charge in [-0.25, -0.2) is 14.1 Å². The molecule has 3 aromatic rings. The Morgan fingerprint density at radius 1 is 1.21 bits per heavy atom. The molecule has 0 bridgehead atoms. The number of aromatic nitrogens is 4. The molecule has 0 saturated carbocycles. The molecule has 0 aliphatic carbocycles. The minimum Gasteiger partial charge on any atom is -0.471 e. The monoisotopic (exact) mass is 381 g/mol. The average Bonchev–Trinajstić information content (AvgIpc) is 3.06. The van der Waals surface area contributed by atoms with Crippen molar-refractivity contribution < 1.29 is 13.9 Å². The van der Waals surface area contributed by atoms with Gasteiger partial charge in [-0.05, 0) is 43.2 Å². The van der Waals surface area contributed by atoms with Crippen LogP contribution in [0, 0.1) is 12.7 Å². The van der Waals surface area contributed by atoms with Crippen LogP contribution < -0.4 is 4.74 Å². The summed E-state index contributed by atoms with van der Waals surface area (Å²) >= 11 is 0. The van der Waals surface area contributed by atoms with E-state index in [9.17, 15) is 9.18 Å². The molecule has 0 atom stereocenters. The summed E-state index contributed by atoms with van der Waals surface area (Å²) < 4.78 is 20.7. The van der Waals surface area contributed by atoms with E-state index >= 15 is 0 Å². The first-order chi connectivity index (χ1) is 13.5. The number of benzene rings is 1. The van der Waals surface area contributed by atoms with Gasteiger partial charge in [0.05, 0.1) is 23.6 Å². The Bertz CT molecular complexity index is 1020. The molecule has 1 aliphatic heterocycles. The van der Waals surface area contributed by atoms with Crippen molar-refractivity contribution in [1.82, 2.24) is 24.9 Å². The SMILES string of the molecule is CC(=O)N1CCc2ccc(OCc3c(C)nnn3-c3ccc(F)cc3)nc2C1. The first-order valence-electron chi connectivity index (χ1n) is 9.05. The van der Waals surface area contributed by atoms with Crippen LogP contribution in [0.1, 0.15) is 29.6 Å². The highest BCUT2D eigenvalue weighted by Gasteiger charge is 2.20. The van der Waals surface area contributed by atoms with Crippen molar-refractivity contribution in [3.05, 3.63) is 64.9 Å². The number of carbonyl (C=O) groups excluding carboxylic acids is 1. The topological polar surface area (TPSA) is 73.1 Å². The third-order valence-corrected chi connectivity index (χ3v) is 4.87. The van der Waals surface area contributed by atoms with E-state index in [1.807, 2.05) is 19.1 Å². The number of nitrogens with zero attached hydrogens (tertiary/aromatic N) is 5. The highest BCUT2D eigenvalue weighted by atomic mass is 19.1. The second-order valence-corrected chi connectivity index (χ2v) is 6.74. The molecule has 1 amide bonds. The molecule has 1 aliphatic rings. The lowest BCUT2D eigenvalue weighted by molar-refractivity contribution is -0.129. The smallest absolute Gasteiger partial charge is 0.219 e. The third-order valence-electron chi connectivity index (χ3n) is 4.87. The summed E-state index contributed by atoms with van der Waals surface area (Å²) in [6.07, 6.45) is 0.794. The molecule has 7 nitrogen and oxygen atoms in total. The zero-order valence-electron chi connectivity index (χ0n) is 15.7. The molecule has 0 spiro atoms. The van der Waals surface area contributed by atoms with Crippen LogP contribution in [-0.2, 0) is 24.4 Å². The maximum atomic E-state index is 13.2. The lowest BCUT2D eigenvalue weighted by Crippen LogP contribution is -2.34. The van der Waals surface area contributed by atoms with Crippen molar-refractivity contribution >= 4 is 5.91 Å². The molecule has 0 N–H and O–H groups in total. The van der Waals surface area contributed by atoms with Crippen LogP contribution in [0.2, 0.25) is 0 Å². The fourth-order valence-corrected chi connectivity index (χ4v) is 3.21. The van der Waals surface area contributed by atoms with Crippen LogP contribution in [0.3, 0.4) is 0 Å². The van der Waals surface area contributed by atoms with Crippen LogP contribution >= 0.6 is 0 Å².